The van der Waals surface area contributed by atoms with Crippen molar-refractivity contribution in [3.8, 4) is 0 Å². The molecule has 4 nitrogen and oxygen atoms in total. The number of hydrogen-bond acceptors (Lipinski definition) is 4. The Kier molecular flexibility index (Phi) is 5.93. The fourth-order valence-electron chi connectivity index (χ4n) is 1.06. The van der Waals surface area contributed by atoms with Crippen molar-refractivity contribution in [2.75, 3.05) is 7.11 Å². The number of methoxy groups -OCH3 is 1. The topological polar surface area (TPSA) is 52.6 Å². The molecule has 0 aromatic rings. The quantitative estimate of drug-likeness (QED) is 0.463. The Hall–Kier alpha value is -1.06. The Bertz CT molecular complexity index is 165. The van der Waals surface area contributed by atoms with Crippen molar-refractivity contribution in [3.63, 3.8) is 0 Å². The number of rotatable bonds is 6. The van der Waals surface area contributed by atoms with Crippen LogP contribution < -0.4 is 0 Å². The van der Waals surface area contributed by atoms with Crippen LogP contribution in [-0.4, -0.2) is 25.7 Å². The molecule has 0 amide bonds. The molecule has 0 aliphatic heterocycles. The van der Waals surface area contributed by atoms with Crippen LogP contribution in [0.5, 0.6) is 0 Å². The van der Waals surface area contributed by atoms with E-state index in [0.717, 1.165) is 0 Å². The molecule has 4 heteroatoms. The first-order chi connectivity index (χ1) is 6.10. The van der Waals surface area contributed by atoms with Crippen molar-refractivity contribution in [2.45, 2.75) is 32.8 Å². The molecule has 0 aromatic carbocycles. The van der Waals surface area contributed by atoms with Gasteiger partial charge in [0.05, 0.1) is 13.5 Å². The second kappa shape index (κ2) is 6.46. The average molecular weight is 188 g/mol. The predicted octanol–water partition coefficient (Wildman–Crippen LogP) is 1.14. The van der Waals surface area contributed by atoms with Gasteiger partial charge in [0.1, 0.15) is 6.10 Å². The molecular formula is C9H16O4. The Labute approximate surface area is 78.2 Å². The minimum absolute atomic E-state index is 0.132. The lowest BCUT2D eigenvalue weighted by atomic mass is 10.0. The van der Waals surface area contributed by atoms with Gasteiger partial charge in [-0.2, -0.15) is 0 Å². The molecule has 0 aromatic heterocycles. The van der Waals surface area contributed by atoms with Crippen molar-refractivity contribution in [1.82, 2.24) is 0 Å². The van der Waals surface area contributed by atoms with Gasteiger partial charge in [0.15, 0.2) is 0 Å². The maximum absolute atomic E-state index is 10.9. The Morgan fingerprint density at radius 3 is 2.46 bits per heavy atom. The van der Waals surface area contributed by atoms with Gasteiger partial charge >= 0.3 is 5.97 Å². The molecule has 0 radical (unpaired) electrons. The summed E-state index contributed by atoms with van der Waals surface area (Å²) >= 11 is 0. The number of carbonyl (C=O) groups is 2. The van der Waals surface area contributed by atoms with Gasteiger partial charge in [-0.25, -0.2) is 0 Å². The molecule has 13 heavy (non-hydrogen) atoms. The molecular weight excluding hydrogens is 172 g/mol. The van der Waals surface area contributed by atoms with Crippen LogP contribution >= 0.6 is 0 Å². The van der Waals surface area contributed by atoms with E-state index in [1.165, 1.54) is 7.11 Å². The third-order valence-electron chi connectivity index (χ3n) is 1.60. The first-order valence-electron chi connectivity index (χ1n) is 4.26. The van der Waals surface area contributed by atoms with E-state index in [-0.39, 0.29) is 18.5 Å². The van der Waals surface area contributed by atoms with Gasteiger partial charge in [-0.15, -0.1) is 0 Å². The zero-order chi connectivity index (χ0) is 10.3. The summed E-state index contributed by atoms with van der Waals surface area (Å²) in [5.74, 6) is 0.0297. The molecule has 0 rings (SSSR count). The van der Waals surface area contributed by atoms with Gasteiger partial charge in [-0.1, -0.05) is 13.8 Å². The van der Waals surface area contributed by atoms with E-state index >= 15 is 0 Å². The summed E-state index contributed by atoms with van der Waals surface area (Å²) in [6, 6.07) is 0. The van der Waals surface area contributed by atoms with E-state index in [2.05, 4.69) is 4.74 Å². The lowest BCUT2D eigenvalue weighted by Crippen LogP contribution is -2.20. The van der Waals surface area contributed by atoms with Crippen molar-refractivity contribution >= 4 is 12.4 Å². The van der Waals surface area contributed by atoms with Crippen molar-refractivity contribution in [3.05, 3.63) is 0 Å². The third-order valence-corrected chi connectivity index (χ3v) is 1.60. The van der Waals surface area contributed by atoms with E-state index in [9.17, 15) is 9.59 Å². The van der Waals surface area contributed by atoms with Crippen molar-refractivity contribution < 1.29 is 19.1 Å². The first-order valence-corrected chi connectivity index (χ1v) is 4.26. The minimum Gasteiger partial charge on any atom is -0.469 e. The fourth-order valence-corrected chi connectivity index (χ4v) is 1.06. The zero-order valence-corrected chi connectivity index (χ0v) is 8.28. The Morgan fingerprint density at radius 2 is 2.08 bits per heavy atom. The van der Waals surface area contributed by atoms with Crippen LogP contribution in [0.25, 0.3) is 0 Å². The van der Waals surface area contributed by atoms with E-state index in [0.29, 0.717) is 18.8 Å². The van der Waals surface area contributed by atoms with Gasteiger partial charge in [-0.3, -0.25) is 9.59 Å². The van der Waals surface area contributed by atoms with E-state index < -0.39 is 0 Å². The smallest absolute Gasteiger partial charge is 0.309 e. The highest BCUT2D eigenvalue weighted by molar-refractivity contribution is 5.69. The van der Waals surface area contributed by atoms with Crippen LogP contribution in [-0.2, 0) is 19.1 Å². The highest BCUT2D eigenvalue weighted by Gasteiger charge is 2.16. The molecule has 0 fully saturated rings. The summed E-state index contributed by atoms with van der Waals surface area (Å²) in [6.07, 6.45) is 0.450. The molecule has 0 aliphatic rings. The molecule has 0 bridgehead atoms. The second-order valence-electron chi connectivity index (χ2n) is 3.26. The SMILES string of the molecule is COC(=O)C[C@@H](CC(C)C)OC=O. The lowest BCUT2D eigenvalue weighted by molar-refractivity contribution is -0.146. The summed E-state index contributed by atoms with van der Waals surface area (Å²) in [7, 11) is 1.32. The van der Waals surface area contributed by atoms with Gasteiger partial charge in [0.2, 0.25) is 0 Å². The molecule has 0 saturated carbocycles. The summed E-state index contributed by atoms with van der Waals surface area (Å²) in [6.45, 7) is 4.37. The van der Waals surface area contributed by atoms with Gasteiger partial charge < -0.3 is 9.47 Å². The molecule has 76 valence electrons. The standard InChI is InChI=1S/C9H16O4/c1-7(2)4-8(13-6-10)5-9(11)12-3/h6-8H,4-5H2,1-3H3/t8-/m1/s1. The van der Waals surface area contributed by atoms with Gasteiger partial charge in [-0.05, 0) is 12.3 Å². The molecule has 0 unspecified atom stereocenters. The zero-order valence-electron chi connectivity index (χ0n) is 8.28. The molecule has 0 aliphatic carbocycles. The highest BCUT2D eigenvalue weighted by atomic mass is 16.5. The molecule has 0 saturated heterocycles. The number of hydrogen-bond donors (Lipinski definition) is 0. The normalized spacial score (nSPS) is 12.3. The van der Waals surface area contributed by atoms with Crippen molar-refractivity contribution in [1.29, 1.82) is 0 Å². The van der Waals surface area contributed by atoms with Crippen LogP contribution in [0.1, 0.15) is 26.7 Å². The Balaban J connectivity index is 3.92. The largest absolute Gasteiger partial charge is 0.469 e. The predicted molar refractivity (Wildman–Crippen MR) is 47.0 cm³/mol. The lowest BCUT2D eigenvalue weighted by Gasteiger charge is -2.15. The molecule has 0 heterocycles. The number of esters is 1. The fraction of sp³-hybridized carbons (Fsp3) is 0.778. The maximum Gasteiger partial charge on any atom is 0.309 e. The second-order valence-corrected chi connectivity index (χ2v) is 3.26. The van der Waals surface area contributed by atoms with E-state index in [1.54, 1.807) is 0 Å². The summed E-state index contributed by atoms with van der Waals surface area (Å²) in [5, 5.41) is 0. The van der Waals surface area contributed by atoms with E-state index in [1.807, 2.05) is 13.8 Å². The number of ether oxygens (including phenoxy) is 2. The summed E-state index contributed by atoms with van der Waals surface area (Å²) in [4.78, 5) is 21.0. The molecule has 0 N–H and O–H groups in total. The Morgan fingerprint density at radius 1 is 1.46 bits per heavy atom. The van der Waals surface area contributed by atoms with Crippen LogP contribution in [0.3, 0.4) is 0 Å². The van der Waals surface area contributed by atoms with Crippen LogP contribution in [0.15, 0.2) is 0 Å². The maximum atomic E-state index is 10.9. The summed E-state index contributed by atoms with van der Waals surface area (Å²) < 4.78 is 9.22. The summed E-state index contributed by atoms with van der Waals surface area (Å²) in [5.41, 5.74) is 0. The van der Waals surface area contributed by atoms with E-state index in [4.69, 9.17) is 4.74 Å². The van der Waals surface area contributed by atoms with Crippen LogP contribution in [0, 0.1) is 5.92 Å². The molecule has 1 atom stereocenters. The van der Waals surface area contributed by atoms with Crippen molar-refractivity contribution in [2.24, 2.45) is 5.92 Å². The average Bonchev–Trinajstić information content (AvgIpc) is 2.03. The van der Waals surface area contributed by atoms with Crippen LogP contribution in [0.2, 0.25) is 0 Å². The van der Waals surface area contributed by atoms with Gasteiger partial charge in [0, 0.05) is 0 Å². The minimum atomic E-state index is -0.357. The highest BCUT2D eigenvalue weighted by Crippen LogP contribution is 2.11. The number of carbonyl (C=O) groups excluding carboxylic acids is 2. The van der Waals surface area contributed by atoms with Gasteiger partial charge in [0.25, 0.3) is 6.47 Å². The monoisotopic (exact) mass is 188 g/mol. The molecule has 0 spiro atoms. The first kappa shape index (κ1) is 11.9. The van der Waals surface area contributed by atoms with Crippen LogP contribution in [0.4, 0.5) is 0 Å². The third kappa shape index (κ3) is 6.13.